The van der Waals surface area contributed by atoms with Crippen LogP contribution in [-0.4, -0.2) is 42.9 Å². The monoisotopic (exact) mass is 347 g/mol. The molecule has 1 aromatic carbocycles. The number of hydrogen-bond acceptors (Lipinski definition) is 5. The van der Waals surface area contributed by atoms with Crippen molar-refractivity contribution < 1.29 is 13.2 Å². The lowest BCUT2D eigenvalue weighted by atomic mass is 10.1. The largest absolute Gasteiger partial charge is 0.497 e. The summed E-state index contributed by atoms with van der Waals surface area (Å²) in [6.07, 6.45) is 0.728. The molecule has 24 heavy (non-hydrogen) atoms. The Bertz CT molecular complexity index is 832. The first kappa shape index (κ1) is 16.9. The lowest BCUT2D eigenvalue weighted by Gasteiger charge is -2.17. The fourth-order valence-corrected chi connectivity index (χ4v) is 4.54. The van der Waals surface area contributed by atoms with E-state index in [1.807, 2.05) is 19.9 Å². The van der Waals surface area contributed by atoms with E-state index in [4.69, 9.17) is 4.74 Å². The fraction of sp³-hybridized carbons (Fsp3) is 0.412. The minimum Gasteiger partial charge on any atom is -0.497 e. The summed E-state index contributed by atoms with van der Waals surface area (Å²) in [5.41, 5.74) is 1.82. The van der Waals surface area contributed by atoms with Gasteiger partial charge >= 0.3 is 0 Å². The van der Waals surface area contributed by atoms with Crippen LogP contribution in [0.1, 0.15) is 29.6 Å². The van der Waals surface area contributed by atoms with Crippen LogP contribution in [0.5, 0.6) is 5.75 Å². The minimum atomic E-state index is -3.53. The molecule has 0 saturated carbocycles. The zero-order valence-electron chi connectivity index (χ0n) is 14.1. The van der Waals surface area contributed by atoms with Gasteiger partial charge in [-0.05, 0) is 38.5 Å². The molecule has 1 atom stereocenters. The Balaban J connectivity index is 1.83. The molecule has 2 heterocycles. The first-order valence-corrected chi connectivity index (χ1v) is 9.30. The first-order chi connectivity index (χ1) is 11.4. The van der Waals surface area contributed by atoms with Crippen molar-refractivity contribution in [3.8, 4) is 5.75 Å². The van der Waals surface area contributed by atoms with Gasteiger partial charge in [0.15, 0.2) is 0 Å². The fourth-order valence-electron chi connectivity index (χ4n) is 3.00. The molecular formula is C17H21N3O3S. The average molecular weight is 347 g/mol. The molecule has 1 aliphatic rings. The van der Waals surface area contributed by atoms with E-state index in [2.05, 4.69) is 9.97 Å². The number of hydrogen-bond donors (Lipinski definition) is 0. The van der Waals surface area contributed by atoms with Crippen LogP contribution < -0.4 is 4.74 Å². The molecule has 6 nitrogen and oxygen atoms in total. The highest BCUT2D eigenvalue weighted by Crippen LogP contribution is 2.30. The van der Waals surface area contributed by atoms with Gasteiger partial charge in [0.2, 0.25) is 10.0 Å². The van der Waals surface area contributed by atoms with Crippen molar-refractivity contribution in [3.05, 3.63) is 47.5 Å². The molecule has 7 heteroatoms. The highest BCUT2D eigenvalue weighted by Gasteiger charge is 2.34. The first-order valence-electron chi connectivity index (χ1n) is 7.86. The van der Waals surface area contributed by atoms with E-state index in [0.29, 0.717) is 18.8 Å². The third-order valence-electron chi connectivity index (χ3n) is 4.19. The van der Waals surface area contributed by atoms with Crippen molar-refractivity contribution in [1.82, 2.24) is 14.3 Å². The Hall–Kier alpha value is -1.99. The highest BCUT2D eigenvalue weighted by atomic mass is 32.2. The standard InChI is InChI=1S/C17H21N3O3S/c1-12-9-13(2)19-17(18-12)14-7-8-20(11-14)24(21,22)16-6-4-5-15(10-16)23-3/h4-6,9-10,14H,7-8,11H2,1-3H3. The predicted octanol–water partition coefficient (Wildman–Crippen LogP) is 2.28. The van der Waals surface area contributed by atoms with Crippen LogP contribution in [0, 0.1) is 13.8 Å². The molecular weight excluding hydrogens is 326 g/mol. The lowest BCUT2D eigenvalue weighted by molar-refractivity contribution is 0.412. The summed E-state index contributed by atoms with van der Waals surface area (Å²) >= 11 is 0. The number of methoxy groups -OCH3 is 1. The number of aromatic nitrogens is 2. The zero-order valence-corrected chi connectivity index (χ0v) is 14.9. The molecule has 1 unspecified atom stereocenters. The Labute approximate surface area is 142 Å². The molecule has 1 aromatic heterocycles. The van der Waals surface area contributed by atoms with E-state index in [1.165, 1.54) is 11.4 Å². The van der Waals surface area contributed by atoms with Gasteiger partial charge in [0.1, 0.15) is 11.6 Å². The number of rotatable bonds is 4. The van der Waals surface area contributed by atoms with Gasteiger partial charge in [-0.3, -0.25) is 0 Å². The summed E-state index contributed by atoms with van der Waals surface area (Å²) in [6, 6.07) is 8.49. The van der Waals surface area contributed by atoms with Crippen molar-refractivity contribution in [3.63, 3.8) is 0 Å². The van der Waals surface area contributed by atoms with Crippen LogP contribution >= 0.6 is 0 Å². The molecule has 0 bridgehead atoms. The quantitative estimate of drug-likeness (QED) is 0.848. The van der Waals surface area contributed by atoms with Crippen molar-refractivity contribution >= 4 is 10.0 Å². The minimum absolute atomic E-state index is 0.0315. The van der Waals surface area contributed by atoms with Gasteiger partial charge in [-0.15, -0.1) is 0 Å². The normalized spacial score (nSPS) is 18.7. The summed E-state index contributed by atoms with van der Waals surface area (Å²) in [6.45, 7) is 4.73. The molecule has 0 radical (unpaired) electrons. The summed E-state index contributed by atoms with van der Waals surface area (Å²) in [4.78, 5) is 9.21. The van der Waals surface area contributed by atoms with E-state index in [-0.39, 0.29) is 10.8 Å². The molecule has 1 saturated heterocycles. The molecule has 0 amide bonds. The van der Waals surface area contributed by atoms with Crippen molar-refractivity contribution in [2.75, 3.05) is 20.2 Å². The molecule has 0 N–H and O–H groups in total. The van der Waals surface area contributed by atoms with Crippen molar-refractivity contribution in [2.24, 2.45) is 0 Å². The van der Waals surface area contributed by atoms with Crippen LogP contribution in [0.2, 0.25) is 0 Å². The zero-order chi connectivity index (χ0) is 17.3. The third kappa shape index (κ3) is 3.27. The van der Waals surface area contributed by atoms with Gasteiger partial charge in [0, 0.05) is 36.5 Å². The Kier molecular flexibility index (Phi) is 4.56. The second-order valence-corrected chi connectivity index (χ2v) is 7.97. The Morgan fingerprint density at radius 1 is 1.17 bits per heavy atom. The second kappa shape index (κ2) is 6.49. The van der Waals surface area contributed by atoms with Crippen molar-refractivity contribution in [2.45, 2.75) is 31.1 Å². The maximum atomic E-state index is 12.8. The number of benzene rings is 1. The van der Waals surface area contributed by atoms with Gasteiger partial charge in [-0.25, -0.2) is 18.4 Å². The number of sulfonamides is 1. The summed E-state index contributed by atoms with van der Waals surface area (Å²) < 4.78 is 32.3. The summed E-state index contributed by atoms with van der Waals surface area (Å²) in [5.74, 6) is 1.30. The van der Waals surface area contributed by atoms with Gasteiger partial charge in [-0.2, -0.15) is 4.31 Å². The molecule has 2 aromatic rings. The van der Waals surface area contributed by atoms with Crippen LogP contribution in [-0.2, 0) is 10.0 Å². The summed E-state index contributed by atoms with van der Waals surface area (Å²) in [5, 5.41) is 0. The van der Waals surface area contributed by atoms with E-state index < -0.39 is 10.0 Å². The van der Waals surface area contributed by atoms with Crippen LogP contribution in [0.15, 0.2) is 35.2 Å². The Morgan fingerprint density at radius 2 is 1.88 bits per heavy atom. The SMILES string of the molecule is COc1cccc(S(=O)(=O)N2CCC(c3nc(C)cc(C)n3)C2)c1. The molecule has 3 rings (SSSR count). The second-order valence-electron chi connectivity index (χ2n) is 6.04. The van der Waals surface area contributed by atoms with Crippen LogP contribution in [0.3, 0.4) is 0 Å². The van der Waals surface area contributed by atoms with Crippen LogP contribution in [0.25, 0.3) is 0 Å². The van der Waals surface area contributed by atoms with E-state index in [1.54, 1.807) is 24.3 Å². The maximum absolute atomic E-state index is 12.8. The van der Waals surface area contributed by atoms with Crippen molar-refractivity contribution in [1.29, 1.82) is 0 Å². The maximum Gasteiger partial charge on any atom is 0.243 e. The van der Waals surface area contributed by atoms with Gasteiger partial charge in [-0.1, -0.05) is 6.07 Å². The number of ether oxygens (including phenoxy) is 1. The number of aryl methyl sites for hydroxylation is 2. The highest BCUT2D eigenvalue weighted by molar-refractivity contribution is 7.89. The van der Waals surface area contributed by atoms with E-state index in [9.17, 15) is 8.42 Å². The molecule has 128 valence electrons. The van der Waals surface area contributed by atoms with Gasteiger partial charge < -0.3 is 4.74 Å². The van der Waals surface area contributed by atoms with E-state index in [0.717, 1.165) is 23.6 Å². The smallest absolute Gasteiger partial charge is 0.243 e. The average Bonchev–Trinajstić information content (AvgIpc) is 3.05. The topological polar surface area (TPSA) is 72.4 Å². The Morgan fingerprint density at radius 3 is 2.54 bits per heavy atom. The van der Waals surface area contributed by atoms with Gasteiger partial charge in [0.05, 0.1) is 12.0 Å². The number of nitrogens with zero attached hydrogens (tertiary/aromatic N) is 3. The predicted molar refractivity (Wildman–Crippen MR) is 90.6 cm³/mol. The van der Waals surface area contributed by atoms with Crippen LogP contribution in [0.4, 0.5) is 0 Å². The molecule has 0 aliphatic carbocycles. The molecule has 1 aliphatic heterocycles. The van der Waals surface area contributed by atoms with Gasteiger partial charge in [0.25, 0.3) is 0 Å². The lowest BCUT2D eigenvalue weighted by Crippen LogP contribution is -2.28. The molecule has 0 spiro atoms. The third-order valence-corrected chi connectivity index (χ3v) is 6.06. The van der Waals surface area contributed by atoms with E-state index >= 15 is 0 Å². The molecule has 1 fully saturated rings. The summed E-state index contributed by atoms with van der Waals surface area (Å²) in [7, 11) is -2.01.